The van der Waals surface area contributed by atoms with Crippen LogP contribution in [0.4, 0.5) is 0 Å². The minimum absolute atomic E-state index is 0.685. The molecule has 1 heteroatoms. The molecule has 2 atom stereocenters. The van der Waals surface area contributed by atoms with Crippen molar-refractivity contribution in [3.8, 4) is 0 Å². The van der Waals surface area contributed by atoms with E-state index in [9.17, 15) is 0 Å². The molecule has 1 N–H and O–H groups in total. The first-order chi connectivity index (χ1) is 4.72. The monoisotopic (exact) mass is 143 g/mol. The Morgan fingerprint density at radius 3 is 2.20 bits per heavy atom. The van der Waals surface area contributed by atoms with E-state index in [1.165, 1.54) is 12.8 Å². The van der Waals surface area contributed by atoms with E-state index in [0.717, 1.165) is 12.5 Å². The molecule has 0 unspecified atom stereocenters. The fraction of sp³-hybridized carbons (Fsp3) is 1.00. The number of nitrogens with one attached hydrogen (secondary N) is 1. The molecule has 0 saturated carbocycles. The van der Waals surface area contributed by atoms with Gasteiger partial charge in [0.1, 0.15) is 0 Å². The summed E-state index contributed by atoms with van der Waals surface area (Å²) >= 11 is 0. The van der Waals surface area contributed by atoms with Gasteiger partial charge in [-0.1, -0.05) is 27.2 Å². The Morgan fingerprint density at radius 1 is 1.20 bits per heavy atom. The van der Waals surface area contributed by atoms with Gasteiger partial charge in [-0.3, -0.25) is 0 Å². The van der Waals surface area contributed by atoms with Crippen molar-refractivity contribution < 1.29 is 0 Å². The average Bonchev–Trinajstić information content (AvgIpc) is 1.98. The summed E-state index contributed by atoms with van der Waals surface area (Å²) in [6.07, 6.45) is 2.51. The molecule has 0 aromatic rings. The zero-order valence-corrected chi connectivity index (χ0v) is 7.78. The zero-order chi connectivity index (χ0) is 7.98. The summed E-state index contributed by atoms with van der Waals surface area (Å²) in [5.74, 6) is 0.812. The SMILES string of the molecule is CCCN[C@H](C)[C@@H](C)CC. The van der Waals surface area contributed by atoms with Crippen molar-refractivity contribution in [3.05, 3.63) is 0 Å². The Bertz CT molecular complexity index is 71.1. The largest absolute Gasteiger partial charge is 0.314 e. The van der Waals surface area contributed by atoms with Crippen LogP contribution in [0.1, 0.15) is 40.5 Å². The van der Waals surface area contributed by atoms with Crippen molar-refractivity contribution in [2.24, 2.45) is 5.92 Å². The summed E-state index contributed by atoms with van der Waals surface area (Å²) < 4.78 is 0. The lowest BCUT2D eigenvalue weighted by Crippen LogP contribution is -2.32. The van der Waals surface area contributed by atoms with Crippen LogP contribution in [0.5, 0.6) is 0 Å². The molecule has 62 valence electrons. The summed E-state index contributed by atoms with van der Waals surface area (Å²) in [5, 5.41) is 3.48. The van der Waals surface area contributed by atoms with Crippen molar-refractivity contribution in [2.75, 3.05) is 6.54 Å². The van der Waals surface area contributed by atoms with Crippen LogP contribution in [-0.4, -0.2) is 12.6 Å². The molecule has 0 radical (unpaired) electrons. The maximum atomic E-state index is 3.48. The highest BCUT2D eigenvalue weighted by Gasteiger charge is 2.07. The van der Waals surface area contributed by atoms with Gasteiger partial charge in [0, 0.05) is 6.04 Å². The second-order valence-electron chi connectivity index (χ2n) is 3.13. The lowest BCUT2D eigenvalue weighted by atomic mass is 10.0. The van der Waals surface area contributed by atoms with E-state index in [1.807, 2.05) is 0 Å². The summed E-state index contributed by atoms with van der Waals surface area (Å²) in [4.78, 5) is 0. The molecule has 0 heterocycles. The van der Waals surface area contributed by atoms with Gasteiger partial charge in [-0.25, -0.2) is 0 Å². The maximum Gasteiger partial charge on any atom is 0.00642 e. The predicted octanol–water partition coefficient (Wildman–Crippen LogP) is 2.42. The first-order valence-corrected chi connectivity index (χ1v) is 4.45. The fourth-order valence-electron chi connectivity index (χ4n) is 0.927. The molecule has 1 nitrogen and oxygen atoms in total. The quantitative estimate of drug-likeness (QED) is 0.623. The minimum atomic E-state index is 0.685. The van der Waals surface area contributed by atoms with E-state index in [2.05, 4.69) is 33.0 Å². The maximum absolute atomic E-state index is 3.48. The van der Waals surface area contributed by atoms with E-state index in [-0.39, 0.29) is 0 Å². The summed E-state index contributed by atoms with van der Waals surface area (Å²) in [6.45, 7) is 10.2. The van der Waals surface area contributed by atoms with Crippen LogP contribution in [-0.2, 0) is 0 Å². The van der Waals surface area contributed by atoms with E-state index in [4.69, 9.17) is 0 Å². The Balaban J connectivity index is 3.31. The summed E-state index contributed by atoms with van der Waals surface area (Å²) in [6, 6.07) is 0.685. The highest BCUT2D eigenvalue weighted by molar-refractivity contribution is 4.65. The Hall–Kier alpha value is -0.0400. The van der Waals surface area contributed by atoms with Crippen LogP contribution >= 0.6 is 0 Å². The summed E-state index contributed by atoms with van der Waals surface area (Å²) in [5.41, 5.74) is 0. The topological polar surface area (TPSA) is 12.0 Å². The molecule has 0 amide bonds. The molecule has 0 bridgehead atoms. The second kappa shape index (κ2) is 5.72. The molecule has 0 aliphatic rings. The van der Waals surface area contributed by atoms with E-state index >= 15 is 0 Å². The van der Waals surface area contributed by atoms with Crippen molar-refractivity contribution in [3.63, 3.8) is 0 Å². The normalized spacial score (nSPS) is 16.8. The predicted molar refractivity (Wildman–Crippen MR) is 47.2 cm³/mol. The molecule has 0 spiro atoms. The van der Waals surface area contributed by atoms with Crippen molar-refractivity contribution >= 4 is 0 Å². The number of rotatable bonds is 5. The number of hydrogen-bond donors (Lipinski definition) is 1. The zero-order valence-electron chi connectivity index (χ0n) is 7.78. The summed E-state index contributed by atoms with van der Waals surface area (Å²) in [7, 11) is 0. The van der Waals surface area contributed by atoms with Gasteiger partial charge >= 0.3 is 0 Å². The molecule has 0 saturated heterocycles. The van der Waals surface area contributed by atoms with Crippen LogP contribution in [0.15, 0.2) is 0 Å². The van der Waals surface area contributed by atoms with Crippen molar-refractivity contribution in [2.45, 2.75) is 46.6 Å². The smallest absolute Gasteiger partial charge is 0.00642 e. The molecule has 0 aromatic carbocycles. The Kier molecular flexibility index (Phi) is 5.70. The van der Waals surface area contributed by atoms with Gasteiger partial charge in [-0.05, 0) is 25.8 Å². The third-order valence-corrected chi connectivity index (χ3v) is 2.21. The van der Waals surface area contributed by atoms with Crippen molar-refractivity contribution in [1.29, 1.82) is 0 Å². The highest BCUT2D eigenvalue weighted by atomic mass is 14.9. The van der Waals surface area contributed by atoms with Gasteiger partial charge in [0.05, 0.1) is 0 Å². The van der Waals surface area contributed by atoms with Gasteiger partial charge in [-0.2, -0.15) is 0 Å². The van der Waals surface area contributed by atoms with E-state index in [0.29, 0.717) is 6.04 Å². The molecular weight excluding hydrogens is 122 g/mol. The van der Waals surface area contributed by atoms with Crippen LogP contribution in [0.2, 0.25) is 0 Å². The third-order valence-electron chi connectivity index (χ3n) is 2.21. The lowest BCUT2D eigenvalue weighted by Gasteiger charge is -2.19. The Morgan fingerprint density at radius 2 is 1.80 bits per heavy atom. The minimum Gasteiger partial charge on any atom is -0.314 e. The van der Waals surface area contributed by atoms with Gasteiger partial charge in [-0.15, -0.1) is 0 Å². The first-order valence-electron chi connectivity index (χ1n) is 4.45. The first kappa shape index (κ1) is 9.96. The molecule has 10 heavy (non-hydrogen) atoms. The second-order valence-corrected chi connectivity index (χ2v) is 3.13. The highest BCUT2D eigenvalue weighted by Crippen LogP contribution is 2.05. The molecule has 0 aromatic heterocycles. The average molecular weight is 143 g/mol. The molecule has 0 aliphatic carbocycles. The Labute approximate surface area is 65.2 Å². The lowest BCUT2D eigenvalue weighted by molar-refractivity contribution is 0.391. The molecular formula is C9H21N. The van der Waals surface area contributed by atoms with Gasteiger partial charge in [0.15, 0.2) is 0 Å². The van der Waals surface area contributed by atoms with Gasteiger partial charge in [0.2, 0.25) is 0 Å². The third kappa shape index (κ3) is 3.89. The molecule has 0 aliphatic heterocycles. The van der Waals surface area contributed by atoms with Crippen LogP contribution in [0, 0.1) is 5.92 Å². The van der Waals surface area contributed by atoms with Crippen LogP contribution in [0.25, 0.3) is 0 Å². The van der Waals surface area contributed by atoms with Crippen LogP contribution < -0.4 is 5.32 Å². The number of hydrogen-bond acceptors (Lipinski definition) is 1. The van der Waals surface area contributed by atoms with Crippen molar-refractivity contribution in [1.82, 2.24) is 5.32 Å². The van der Waals surface area contributed by atoms with E-state index < -0.39 is 0 Å². The fourth-order valence-corrected chi connectivity index (χ4v) is 0.927. The van der Waals surface area contributed by atoms with Crippen LogP contribution in [0.3, 0.4) is 0 Å². The van der Waals surface area contributed by atoms with Gasteiger partial charge < -0.3 is 5.32 Å². The van der Waals surface area contributed by atoms with E-state index in [1.54, 1.807) is 0 Å². The van der Waals surface area contributed by atoms with Gasteiger partial charge in [0.25, 0.3) is 0 Å². The standard InChI is InChI=1S/C9H21N/c1-5-7-10-9(4)8(3)6-2/h8-10H,5-7H2,1-4H3/t8-,9+/m0/s1. The molecule has 0 rings (SSSR count). The molecule has 0 fully saturated rings.